The number of hydrogen-bond donors (Lipinski definition) is 2. The molecule has 3 heteroatoms. The molecular formula is C10H15NO2. The molecule has 0 radical (unpaired) electrons. The van der Waals surface area contributed by atoms with E-state index in [4.69, 9.17) is 0 Å². The summed E-state index contributed by atoms with van der Waals surface area (Å²) in [6, 6.07) is 3.49. The monoisotopic (exact) mass is 181 g/mol. The lowest BCUT2D eigenvalue weighted by molar-refractivity contribution is -0.00956. The highest BCUT2D eigenvalue weighted by atomic mass is 16.3. The number of aliphatic hydroxyl groups is 2. The van der Waals surface area contributed by atoms with Gasteiger partial charge in [0.05, 0.1) is 6.10 Å². The zero-order valence-electron chi connectivity index (χ0n) is 7.88. The van der Waals surface area contributed by atoms with Gasteiger partial charge in [0.15, 0.2) is 0 Å². The van der Waals surface area contributed by atoms with Gasteiger partial charge in [0.25, 0.3) is 0 Å². The van der Waals surface area contributed by atoms with Gasteiger partial charge in [-0.1, -0.05) is 19.9 Å². The van der Waals surface area contributed by atoms with Gasteiger partial charge in [-0.2, -0.15) is 0 Å². The van der Waals surface area contributed by atoms with Gasteiger partial charge >= 0.3 is 0 Å². The second-order valence-corrected chi connectivity index (χ2v) is 3.47. The van der Waals surface area contributed by atoms with Crippen LogP contribution in [-0.4, -0.2) is 21.3 Å². The number of rotatable bonds is 3. The van der Waals surface area contributed by atoms with E-state index in [1.807, 2.05) is 13.8 Å². The van der Waals surface area contributed by atoms with E-state index < -0.39 is 12.2 Å². The fraction of sp³-hybridized carbons (Fsp3) is 0.500. The Labute approximate surface area is 78.1 Å². The second kappa shape index (κ2) is 4.35. The smallest absolute Gasteiger partial charge is 0.107 e. The van der Waals surface area contributed by atoms with Crippen LogP contribution in [0.25, 0.3) is 0 Å². The summed E-state index contributed by atoms with van der Waals surface area (Å²) in [4.78, 5) is 3.88. The van der Waals surface area contributed by atoms with E-state index in [-0.39, 0.29) is 5.92 Å². The Morgan fingerprint density at radius 2 is 2.00 bits per heavy atom. The van der Waals surface area contributed by atoms with Gasteiger partial charge in [0.2, 0.25) is 0 Å². The molecule has 0 aromatic carbocycles. The first-order chi connectivity index (χ1) is 6.13. The quantitative estimate of drug-likeness (QED) is 0.735. The molecule has 2 unspecified atom stereocenters. The van der Waals surface area contributed by atoms with Crippen molar-refractivity contribution in [3.63, 3.8) is 0 Å². The van der Waals surface area contributed by atoms with Crippen LogP contribution >= 0.6 is 0 Å². The number of hydrogen-bond acceptors (Lipinski definition) is 3. The second-order valence-electron chi connectivity index (χ2n) is 3.47. The molecular weight excluding hydrogens is 166 g/mol. The number of nitrogens with zero attached hydrogens (tertiary/aromatic N) is 1. The van der Waals surface area contributed by atoms with E-state index >= 15 is 0 Å². The molecule has 72 valence electrons. The van der Waals surface area contributed by atoms with Crippen LogP contribution in [0.5, 0.6) is 0 Å². The van der Waals surface area contributed by atoms with E-state index in [9.17, 15) is 10.2 Å². The molecule has 1 aromatic rings. The Kier molecular flexibility index (Phi) is 3.39. The van der Waals surface area contributed by atoms with E-state index in [0.717, 1.165) is 0 Å². The molecule has 0 aliphatic heterocycles. The molecule has 1 aromatic heterocycles. The van der Waals surface area contributed by atoms with Crippen molar-refractivity contribution in [1.29, 1.82) is 0 Å². The van der Waals surface area contributed by atoms with Crippen molar-refractivity contribution in [3.8, 4) is 0 Å². The van der Waals surface area contributed by atoms with Crippen molar-refractivity contribution >= 4 is 0 Å². The van der Waals surface area contributed by atoms with Crippen LogP contribution in [-0.2, 0) is 0 Å². The van der Waals surface area contributed by atoms with Crippen LogP contribution in [0.1, 0.15) is 25.5 Å². The Bertz CT molecular complexity index is 248. The molecule has 0 aliphatic rings. The zero-order valence-corrected chi connectivity index (χ0v) is 7.88. The lowest BCUT2D eigenvalue weighted by atomic mass is 9.97. The molecule has 1 rings (SSSR count). The summed E-state index contributed by atoms with van der Waals surface area (Å²) >= 11 is 0. The highest BCUT2D eigenvalue weighted by Crippen LogP contribution is 2.20. The molecule has 0 amide bonds. The first-order valence-corrected chi connectivity index (χ1v) is 4.39. The van der Waals surface area contributed by atoms with Gasteiger partial charge in [-0.05, 0) is 12.0 Å². The topological polar surface area (TPSA) is 53.4 Å². The highest BCUT2D eigenvalue weighted by molar-refractivity contribution is 5.13. The van der Waals surface area contributed by atoms with E-state index in [2.05, 4.69) is 4.98 Å². The van der Waals surface area contributed by atoms with Gasteiger partial charge in [0.1, 0.15) is 6.10 Å². The molecule has 2 atom stereocenters. The largest absolute Gasteiger partial charge is 0.390 e. The number of aliphatic hydroxyl groups excluding tert-OH is 2. The molecule has 1 heterocycles. The van der Waals surface area contributed by atoms with Crippen molar-refractivity contribution in [2.45, 2.75) is 26.1 Å². The Morgan fingerprint density at radius 1 is 1.31 bits per heavy atom. The lowest BCUT2D eigenvalue weighted by Crippen LogP contribution is -2.23. The summed E-state index contributed by atoms with van der Waals surface area (Å²) in [6.45, 7) is 3.73. The Balaban J connectivity index is 2.73. The van der Waals surface area contributed by atoms with E-state index in [1.165, 1.54) is 0 Å². The van der Waals surface area contributed by atoms with Crippen LogP contribution in [0.15, 0.2) is 24.5 Å². The molecule has 0 spiro atoms. The molecule has 2 N–H and O–H groups in total. The normalized spacial score (nSPS) is 15.8. The first-order valence-electron chi connectivity index (χ1n) is 4.39. The van der Waals surface area contributed by atoms with Crippen LogP contribution in [0.4, 0.5) is 0 Å². The average Bonchev–Trinajstić information content (AvgIpc) is 2.17. The predicted octanol–water partition coefficient (Wildman–Crippen LogP) is 1.13. The third kappa shape index (κ3) is 2.50. The zero-order chi connectivity index (χ0) is 9.84. The van der Waals surface area contributed by atoms with Crippen LogP contribution < -0.4 is 0 Å². The summed E-state index contributed by atoms with van der Waals surface area (Å²) < 4.78 is 0. The maximum absolute atomic E-state index is 9.67. The van der Waals surface area contributed by atoms with Crippen LogP contribution in [0, 0.1) is 5.92 Å². The minimum absolute atomic E-state index is 0.0372. The fourth-order valence-electron chi connectivity index (χ4n) is 1.11. The van der Waals surface area contributed by atoms with Crippen molar-refractivity contribution in [2.75, 3.05) is 0 Å². The molecule has 0 saturated carbocycles. The van der Waals surface area contributed by atoms with Gasteiger partial charge in [-0.15, -0.1) is 0 Å². The standard InChI is InChI=1S/C10H15NO2/c1-7(2)9(12)10(13)8-4-3-5-11-6-8/h3-7,9-10,12-13H,1-2H3. The van der Waals surface area contributed by atoms with Gasteiger partial charge < -0.3 is 10.2 Å². The van der Waals surface area contributed by atoms with Crippen molar-refractivity contribution in [1.82, 2.24) is 4.98 Å². The van der Waals surface area contributed by atoms with Gasteiger partial charge in [0, 0.05) is 18.0 Å². The minimum Gasteiger partial charge on any atom is -0.390 e. The SMILES string of the molecule is CC(C)C(O)C(O)c1cccnc1. The lowest BCUT2D eigenvalue weighted by Gasteiger charge is -2.20. The fourth-order valence-corrected chi connectivity index (χ4v) is 1.11. The van der Waals surface area contributed by atoms with Crippen molar-refractivity contribution in [3.05, 3.63) is 30.1 Å². The predicted molar refractivity (Wildman–Crippen MR) is 50.0 cm³/mol. The first kappa shape index (κ1) is 10.2. The highest BCUT2D eigenvalue weighted by Gasteiger charge is 2.21. The Hall–Kier alpha value is -0.930. The van der Waals surface area contributed by atoms with E-state index in [0.29, 0.717) is 5.56 Å². The molecule has 3 nitrogen and oxygen atoms in total. The van der Waals surface area contributed by atoms with Gasteiger partial charge in [-0.3, -0.25) is 4.98 Å². The van der Waals surface area contributed by atoms with Crippen LogP contribution in [0.2, 0.25) is 0 Å². The molecule has 13 heavy (non-hydrogen) atoms. The third-order valence-corrected chi connectivity index (χ3v) is 2.03. The molecule has 0 fully saturated rings. The number of pyridine rings is 1. The molecule has 0 bridgehead atoms. The minimum atomic E-state index is -0.839. The van der Waals surface area contributed by atoms with Gasteiger partial charge in [-0.25, -0.2) is 0 Å². The van der Waals surface area contributed by atoms with E-state index in [1.54, 1.807) is 24.5 Å². The summed E-state index contributed by atoms with van der Waals surface area (Å²) in [5.41, 5.74) is 0.656. The Morgan fingerprint density at radius 3 is 2.46 bits per heavy atom. The summed E-state index contributed by atoms with van der Waals surface area (Å²) in [6.07, 6.45) is 1.63. The molecule has 0 saturated heterocycles. The maximum atomic E-state index is 9.67. The summed E-state index contributed by atoms with van der Waals surface area (Å²) in [5, 5.41) is 19.2. The number of aromatic nitrogens is 1. The van der Waals surface area contributed by atoms with Crippen molar-refractivity contribution < 1.29 is 10.2 Å². The van der Waals surface area contributed by atoms with Crippen LogP contribution in [0.3, 0.4) is 0 Å². The average molecular weight is 181 g/mol. The maximum Gasteiger partial charge on any atom is 0.107 e. The summed E-state index contributed by atoms with van der Waals surface area (Å²) in [7, 11) is 0. The molecule has 0 aliphatic carbocycles. The van der Waals surface area contributed by atoms with Crippen molar-refractivity contribution in [2.24, 2.45) is 5.92 Å². The third-order valence-electron chi connectivity index (χ3n) is 2.03. The summed E-state index contributed by atoms with van der Waals surface area (Å²) in [5.74, 6) is 0.0372.